The number of carbonyl (C=O) groups excluding carboxylic acids is 2. The fourth-order valence-corrected chi connectivity index (χ4v) is 4.98. The van der Waals surface area contributed by atoms with E-state index < -0.39 is 0 Å². The molecular formula is C28H32N4O2. The topological polar surface area (TPSA) is 47.1 Å². The number of nitrogens with zero attached hydrogens (tertiary/aromatic N) is 4. The van der Waals surface area contributed by atoms with Gasteiger partial charge in [-0.2, -0.15) is 0 Å². The number of hydrogen-bond donors (Lipinski definition) is 0. The number of rotatable bonds is 5. The van der Waals surface area contributed by atoms with E-state index in [4.69, 9.17) is 0 Å². The van der Waals surface area contributed by atoms with Crippen LogP contribution in [0.4, 0.5) is 0 Å². The fourth-order valence-electron chi connectivity index (χ4n) is 4.98. The molecule has 2 aliphatic heterocycles. The van der Waals surface area contributed by atoms with E-state index >= 15 is 0 Å². The van der Waals surface area contributed by atoms with Crippen LogP contribution in [0.15, 0.2) is 72.8 Å². The van der Waals surface area contributed by atoms with Gasteiger partial charge in [0.15, 0.2) is 0 Å². The lowest BCUT2D eigenvalue weighted by Crippen LogP contribution is -2.54. The van der Waals surface area contributed by atoms with Gasteiger partial charge >= 0.3 is 0 Å². The fraction of sp³-hybridized carbons (Fsp3) is 0.357. The molecule has 3 aromatic rings. The van der Waals surface area contributed by atoms with Crippen LogP contribution >= 0.6 is 0 Å². The summed E-state index contributed by atoms with van der Waals surface area (Å²) in [6, 6.07) is 24.4. The van der Waals surface area contributed by atoms with Gasteiger partial charge in [-0.1, -0.05) is 66.7 Å². The summed E-state index contributed by atoms with van der Waals surface area (Å²) in [6.07, 6.45) is 0. The average molecular weight is 457 g/mol. The summed E-state index contributed by atoms with van der Waals surface area (Å²) >= 11 is 0. The summed E-state index contributed by atoms with van der Waals surface area (Å²) in [5, 5.41) is 2.08. The molecule has 2 saturated heterocycles. The maximum Gasteiger partial charge on any atom is 0.254 e. The molecule has 34 heavy (non-hydrogen) atoms. The molecule has 0 N–H and O–H groups in total. The van der Waals surface area contributed by atoms with Gasteiger partial charge in [0, 0.05) is 64.5 Å². The van der Waals surface area contributed by atoms with Crippen LogP contribution in [0.3, 0.4) is 0 Å². The minimum atomic E-state index is 0.0808. The number of piperazine rings is 2. The Morgan fingerprint density at radius 3 is 2.00 bits per heavy atom. The van der Waals surface area contributed by atoms with Crippen molar-refractivity contribution < 1.29 is 9.59 Å². The van der Waals surface area contributed by atoms with Crippen LogP contribution in [0.2, 0.25) is 0 Å². The number of benzene rings is 3. The van der Waals surface area contributed by atoms with Gasteiger partial charge < -0.3 is 9.80 Å². The molecule has 0 atom stereocenters. The first-order valence-corrected chi connectivity index (χ1v) is 12.2. The lowest BCUT2D eigenvalue weighted by atomic mass is 10.0. The monoisotopic (exact) mass is 456 g/mol. The Bertz CT molecular complexity index is 1130. The van der Waals surface area contributed by atoms with E-state index in [1.807, 2.05) is 58.3 Å². The molecule has 0 bridgehead atoms. The Labute approximate surface area is 201 Å². The van der Waals surface area contributed by atoms with Crippen molar-refractivity contribution in [2.75, 3.05) is 58.9 Å². The maximum atomic E-state index is 13.2. The summed E-state index contributed by atoms with van der Waals surface area (Å²) in [7, 11) is 0. The molecule has 2 heterocycles. The van der Waals surface area contributed by atoms with E-state index in [-0.39, 0.29) is 11.8 Å². The Morgan fingerprint density at radius 1 is 0.618 bits per heavy atom. The highest BCUT2D eigenvalue weighted by atomic mass is 16.2. The first-order chi connectivity index (χ1) is 16.7. The molecule has 2 fully saturated rings. The number of fused-ring (bicyclic) bond motifs is 1. The van der Waals surface area contributed by atoms with Crippen LogP contribution in [0, 0.1) is 0 Å². The predicted molar refractivity (Wildman–Crippen MR) is 135 cm³/mol. The summed E-state index contributed by atoms with van der Waals surface area (Å²) in [4.78, 5) is 34.6. The molecule has 3 aromatic carbocycles. The zero-order valence-electron chi connectivity index (χ0n) is 19.6. The number of carbonyl (C=O) groups is 2. The molecule has 0 aliphatic carbocycles. The molecule has 0 saturated carbocycles. The van der Waals surface area contributed by atoms with Crippen molar-refractivity contribution in [1.29, 1.82) is 0 Å². The van der Waals surface area contributed by atoms with Crippen LogP contribution in [0.25, 0.3) is 10.8 Å². The predicted octanol–water partition coefficient (Wildman–Crippen LogP) is 2.94. The first-order valence-electron chi connectivity index (χ1n) is 12.2. The van der Waals surface area contributed by atoms with E-state index in [0.717, 1.165) is 62.1 Å². The quantitative estimate of drug-likeness (QED) is 0.592. The van der Waals surface area contributed by atoms with E-state index in [1.165, 1.54) is 5.56 Å². The lowest BCUT2D eigenvalue weighted by molar-refractivity contribution is -0.134. The number of hydrogen-bond acceptors (Lipinski definition) is 4. The van der Waals surface area contributed by atoms with Crippen LogP contribution in [0.5, 0.6) is 0 Å². The van der Waals surface area contributed by atoms with Crippen molar-refractivity contribution in [2.45, 2.75) is 6.54 Å². The minimum absolute atomic E-state index is 0.0808. The second kappa shape index (κ2) is 10.4. The van der Waals surface area contributed by atoms with Crippen LogP contribution < -0.4 is 0 Å². The summed E-state index contributed by atoms with van der Waals surface area (Å²) in [5.74, 6) is 0.283. The smallest absolute Gasteiger partial charge is 0.254 e. The molecule has 5 rings (SSSR count). The highest BCUT2D eigenvalue weighted by Crippen LogP contribution is 2.21. The standard InChI is InChI=1S/C28H32N4O2/c33-27(31-17-13-29(14-18-31)21-23-7-2-1-3-8-23)22-30-15-19-32(20-16-30)28(34)26-12-6-10-24-9-4-5-11-25(24)26/h1-12H,13-22H2. The van der Waals surface area contributed by atoms with Gasteiger partial charge in [-0.3, -0.25) is 19.4 Å². The van der Waals surface area contributed by atoms with Crippen molar-refractivity contribution >= 4 is 22.6 Å². The average Bonchev–Trinajstić information content (AvgIpc) is 2.89. The summed E-state index contributed by atoms with van der Waals surface area (Å²) < 4.78 is 0. The second-order valence-electron chi connectivity index (χ2n) is 9.24. The molecule has 0 radical (unpaired) electrons. The van der Waals surface area contributed by atoms with Gasteiger partial charge in [0.25, 0.3) is 5.91 Å². The van der Waals surface area contributed by atoms with Gasteiger partial charge in [0.05, 0.1) is 6.54 Å². The summed E-state index contributed by atoms with van der Waals surface area (Å²) in [6.45, 7) is 7.54. The van der Waals surface area contributed by atoms with Gasteiger partial charge in [0.2, 0.25) is 5.91 Å². The van der Waals surface area contributed by atoms with Crippen LogP contribution in [0.1, 0.15) is 15.9 Å². The van der Waals surface area contributed by atoms with Crippen molar-refractivity contribution in [2.24, 2.45) is 0 Å². The lowest BCUT2D eigenvalue weighted by Gasteiger charge is -2.38. The molecule has 6 nitrogen and oxygen atoms in total. The highest BCUT2D eigenvalue weighted by molar-refractivity contribution is 6.07. The molecule has 176 valence electrons. The van der Waals surface area contributed by atoms with E-state index in [1.54, 1.807) is 0 Å². The molecule has 0 spiro atoms. The number of amides is 2. The molecule has 2 amide bonds. The van der Waals surface area contributed by atoms with Gasteiger partial charge in [0.1, 0.15) is 0 Å². The maximum absolute atomic E-state index is 13.2. The highest BCUT2D eigenvalue weighted by Gasteiger charge is 2.27. The third kappa shape index (κ3) is 5.13. The second-order valence-corrected chi connectivity index (χ2v) is 9.24. The SMILES string of the molecule is O=C(CN1CCN(C(=O)c2cccc3ccccc23)CC1)N1CCN(Cc2ccccc2)CC1. The molecule has 2 aliphatic rings. The van der Waals surface area contributed by atoms with Crippen molar-refractivity contribution in [3.05, 3.63) is 83.9 Å². The zero-order valence-corrected chi connectivity index (χ0v) is 19.6. The first kappa shape index (κ1) is 22.6. The molecule has 0 aromatic heterocycles. The van der Waals surface area contributed by atoms with Crippen molar-refractivity contribution in [3.63, 3.8) is 0 Å². The van der Waals surface area contributed by atoms with Crippen LogP contribution in [-0.2, 0) is 11.3 Å². The normalized spacial score (nSPS) is 17.8. The van der Waals surface area contributed by atoms with Gasteiger partial charge in [-0.25, -0.2) is 0 Å². The van der Waals surface area contributed by atoms with Crippen LogP contribution in [-0.4, -0.2) is 90.3 Å². The Balaban J connectivity index is 1.09. The van der Waals surface area contributed by atoms with E-state index in [2.05, 4.69) is 34.1 Å². The summed E-state index contributed by atoms with van der Waals surface area (Å²) in [5.41, 5.74) is 2.08. The molecule has 0 unspecified atom stereocenters. The van der Waals surface area contributed by atoms with Gasteiger partial charge in [-0.15, -0.1) is 0 Å². The Hall–Kier alpha value is -3.22. The molecular weight excluding hydrogens is 424 g/mol. The van der Waals surface area contributed by atoms with E-state index in [9.17, 15) is 9.59 Å². The van der Waals surface area contributed by atoms with Crippen molar-refractivity contribution in [3.8, 4) is 0 Å². The van der Waals surface area contributed by atoms with Crippen molar-refractivity contribution in [1.82, 2.24) is 19.6 Å². The van der Waals surface area contributed by atoms with Gasteiger partial charge in [-0.05, 0) is 22.4 Å². The van der Waals surface area contributed by atoms with E-state index in [0.29, 0.717) is 19.6 Å². The molecule has 6 heteroatoms. The Morgan fingerprint density at radius 2 is 1.24 bits per heavy atom. The minimum Gasteiger partial charge on any atom is -0.339 e. The largest absolute Gasteiger partial charge is 0.339 e. The zero-order chi connectivity index (χ0) is 23.3. The Kier molecular flexibility index (Phi) is 6.88. The third-order valence-corrected chi connectivity index (χ3v) is 7.01. The third-order valence-electron chi connectivity index (χ3n) is 7.01.